The SMILES string of the molecule is Nc1c(C(=O)Nc2ccc(Cl)c(C(=O)O)c2)sc2sc(C(=O)Nc3ccc(Cl)c(C(=O)O)c3)c(N)c12. The van der Waals surface area contributed by atoms with E-state index < -0.39 is 23.8 Å². The summed E-state index contributed by atoms with van der Waals surface area (Å²) in [5.74, 6) is -3.67. The quantitative estimate of drug-likeness (QED) is 0.181. The van der Waals surface area contributed by atoms with E-state index in [1.165, 1.54) is 36.4 Å². The van der Waals surface area contributed by atoms with Crippen LogP contribution < -0.4 is 22.1 Å². The highest BCUT2D eigenvalue weighted by atomic mass is 35.5. The van der Waals surface area contributed by atoms with Crippen molar-refractivity contribution < 1.29 is 29.4 Å². The van der Waals surface area contributed by atoms with E-state index in [2.05, 4.69) is 10.6 Å². The highest BCUT2D eigenvalue weighted by Gasteiger charge is 2.25. The zero-order valence-electron chi connectivity index (χ0n) is 17.7. The first-order valence-electron chi connectivity index (χ1n) is 9.76. The number of anilines is 4. The number of carboxylic acids is 2. The van der Waals surface area contributed by atoms with E-state index >= 15 is 0 Å². The first-order chi connectivity index (χ1) is 17.0. The van der Waals surface area contributed by atoms with Crippen molar-refractivity contribution in [1.29, 1.82) is 0 Å². The first-order valence-corrected chi connectivity index (χ1v) is 12.2. The van der Waals surface area contributed by atoms with Crippen LogP contribution >= 0.6 is 45.9 Å². The Morgan fingerprint density at radius 3 is 1.44 bits per heavy atom. The number of nitrogen functional groups attached to an aromatic ring is 2. The Kier molecular flexibility index (Phi) is 6.78. The van der Waals surface area contributed by atoms with Crippen LogP contribution in [0.15, 0.2) is 36.4 Å². The van der Waals surface area contributed by atoms with E-state index in [-0.39, 0.29) is 53.7 Å². The number of carbonyl (C=O) groups excluding carboxylic acids is 2. The molecule has 2 amide bonds. The standard InChI is InChI=1S/C22H14Cl2N4O6S2/c23-11-3-1-7(5-9(11)20(31)32)27-18(29)16-14(25)13-15(26)17(36-22(13)35-16)19(30)28-8-2-4-12(24)10(6-8)21(33)34/h1-6H,25-26H2,(H,27,29)(H,28,30)(H,31,32)(H,33,34). The molecule has 0 fully saturated rings. The van der Waals surface area contributed by atoms with Gasteiger partial charge in [0.1, 0.15) is 9.75 Å². The summed E-state index contributed by atoms with van der Waals surface area (Å²) in [5, 5.41) is 23.9. The number of nitrogens with one attached hydrogen (secondary N) is 2. The van der Waals surface area contributed by atoms with Crippen molar-refractivity contribution in [1.82, 2.24) is 0 Å². The fourth-order valence-electron chi connectivity index (χ4n) is 3.26. The molecule has 8 N–H and O–H groups in total. The van der Waals surface area contributed by atoms with Crippen molar-refractivity contribution in [3.8, 4) is 0 Å². The van der Waals surface area contributed by atoms with E-state index in [0.717, 1.165) is 22.7 Å². The highest BCUT2D eigenvalue weighted by molar-refractivity contribution is 7.40. The molecule has 2 aromatic heterocycles. The molecule has 0 atom stereocenters. The van der Waals surface area contributed by atoms with Crippen molar-refractivity contribution >= 4 is 102 Å². The molecule has 0 bridgehead atoms. The summed E-state index contributed by atoms with van der Waals surface area (Å²) in [4.78, 5) is 48.4. The molecule has 0 saturated heterocycles. The molecule has 0 aliphatic rings. The summed E-state index contributed by atoms with van der Waals surface area (Å²) in [5.41, 5.74) is 12.5. The summed E-state index contributed by atoms with van der Waals surface area (Å²) in [6.45, 7) is 0. The first kappa shape index (κ1) is 25.3. The van der Waals surface area contributed by atoms with Crippen LogP contribution in [0.3, 0.4) is 0 Å². The third kappa shape index (κ3) is 4.66. The lowest BCUT2D eigenvalue weighted by Gasteiger charge is -2.08. The predicted molar refractivity (Wildman–Crippen MR) is 141 cm³/mol. The van der Waals surface area contributed by atoms with Crippen LogP contribution in [-0.4, -0.2) is 34.0 Å². The molecule has 4 rings (SSSR count). The van der Waals surface area contributed by atoms with E-state index in [1.807, 2.05) is 0 Å². The van der Waals surface area contributed by atoms with Crippen LogP contribution in [-0.2, 0) is 0 Å². The van der Waals surface area contributed by atoms with E-state index in [9.17, 15) is 29.4 Å². The number of carbonyl (C=O) groups is 4. The molecule has 0 radical (unpaired) electrons. The van der Waals surface area contributed by atoms with Crippen LogP contribution in [0.1, 0.15) is 40.1 Å². The summed E-state index contributed by atoms with van der Waals surface area (Å²) in [6, 6.07) is 8.03. The number of rotatable bonds is 6. The fraction of sp³-hybridized carbons (Fsp3) is 0. The molecule has 0 spiro atoms. The monoisotopic (exact) mass is 564 g/mol. The summed E-state index contributed by atoms with van der Waals surface area (Å²) < 4.78 is 0.518. The van der Waals surface area contributed by atoms with E-state index in [0.29, 0.717) is 9.40 Å². The summed E-state index contributed by atoms with van der Waals surface area (Å²) >= 11 is 13.7. The van der Waals surface area contributed by atoms with Crippen molar-refractivity contribution in [2.45, 2.75) is 0 Å². The zero-order valence-corrected chi connectivity index (χ0v) is 20.9. The van der Waals surface area contributed by atoms with E-state index in [4.69, 9.17) is 34.7 Å². The number of fused-ring (bicyclic) bond motifs is 1. The third-order valence-corrected chi connectivity index (χ3v) is 8.10. The van der Waals surface area contributed by atoms with Crippen LogP contribution in [0.2, 0.25) is 10.0 Å². The second kappa shape index (κ2) is 9.66. The van der Waals surface area contributed by atoms with Gasteiger partial charge in [-0.15, -0.1) is 22.7 Å². The molecule has 0 aliphatic heterocycles. The molecule has 0 saturated carbocycles. The van der Waals surface area contributed by atoms with Gasteiger partial charge in [0.25, 0.3) is 11.8 Å². The number of carboxylic acid groups (broad SMARTS) is 2. The number of nitrogens with two attached hydrogens (primary N) is 2. The van der Waals surface area contributed by atoms with Gasteiger partial charge in [-0.05, 0) is 36.4 Å². The maximum atomic E-state index is 12.8. The number of benzene rings is 2. The van der Waals surface area contributed by atoms with Crippen LogP contribution in [0.5, 0.6) is 0 Å². The molecule has 4 aromatic rings. The Labute approximate surface area is 220 Å². The Balaban J connectivity index is 1.59. The van der Waals surface area contributed by atoms with Gasteiger partial charge in [0.2, 0.25) is 0 Å². The number of halogens is 2. The van der Waals surface area contributed by atoms with Gasteiger partial charge in [-0.1, -0.05) is 23.2 Å². The maximum Gasteiger partial charge on any atom is 0.337 e. The number of thiophene rings is 2. The van der Waals surface area contributed by atoms with Gasteiger partial charge in [-0.2, -0.15) is 0 Å². The lowest BCUT2D eigenvalue weighted by Crippen LogP contribution is -2.14. The van der Waals surface area contributed by atoms with Gasteiger partial charge < -0.3 is 32.3 Å². The van der Waals surface area contributed by atoms with Gasteiger partial charge in [0.05, 0.1) is 41.9 Å². The molecule has 2 aromatic carbocycles. The Morgan fingerprint density at radius 2 is 1.11 bits per heavy atom. The Bertz CT molecular complexity index is 1480. The van der Waals surface area contributed by atoms with Gasteiger partial charge in [-0.3, -0.25) is 9.59 Å². The highest BCUT2D eigenvalue weighted by Crippen LogP contribution is 2.45. The van der Waals surface area contributed by atoms with Gasteiger partial charge in [0.15, 0.2) is 0 Å². The van der Waals surface area contributed by atoms with Crippen LogP contribution in [0, 0.1) is 0 Å². The molecule has 10 nitrogen and oxygen atoms in total. The largest absolute Gasteiger partial charge is 0.478 e. The molecule has 0 unspecified atom stereocenters. The second-order valence-electron chi connectivity index (χ2n) is 7.26. The average Bonchev–Trinajstić information content (AvgIpc) is 3.32. The minimum Gasteiger partial charge on any atom is -0.478 e. The van der Waals surface area contributed by atoms with Crippen LogP contribution in [0.25, 0.3) is 9.40 Å². The predicted octanol–water partition coefficient (Wildman–Crippen LogP) is 5.34. The molecule has 184 valence electrons. The van der Waals surface area contributed by atoms with E-state index in [1.54, 1.807) is 0 Å². The molecular formula is C22H14Cl2N4O6S2. The molecule has 36 heavy (non-hydrogen) atoms. The molecular weight excluding hydrogens is 551 g/mol. The molecule has 0 aliphatic carbocycles. The van der Waals surface area contributed by atoms with Gasteiger partial charge in [0, 0.05) is 11.4 Å². The van der Waals surface area contributed by atoms with Crippen molar-refractivity contribution in [3.63, 3.8) is 0 Å². The third-order valence-electron chi connectivity index (χ3n) is 4.94. The number of hydrogen-bond donors (Lipinski definition) is 6. The lowest BCUT2D eigenvalue weighted by atomic mass is 10.2. The summed E-state index contributed by atoms with van der Waals surface area (Å²) in [6.07, 6.45) is 0. The Morgan fingerprint density at radius 1 is 0.722 bits per heavy atom. The van der Waals surface area contributed by atoms with Crippen molar-refractivity contribution in [2.75, 3.05) is 22.1 Å². The number of aromatic carboxylic acids is 2. The zero-order chi connectivity index (χ0) is 26.3. The Hall–Kier alpha value is -3.84. The van der Waals surface area contributed by atoms with Crippen molar-refractivity contribution in [2.24, 2.45) is 0 Å². The van der Waals surface area contributed by atoms with Crippen molar-refractivity contribution in [3.05, 3.63) is 67.3 Å². The maximum absolute atomic E-state index is 12.8. The summed E-state index contributed by atoms with van der Waals surface area (Å²) in [7, 11) is 0. The fourth-order valence-corrected chi connectivity index (χ4v) is 6.05. The van der Waals surface area contributed by atoms with Crippen LogP contribution in [0.4, 0.5) is 22.7 Å². The minimum absolute atomic E-state index is 0.0213. The number of amides is 2. The average molecular weight is 565 g/mol. The smallest absolute Gasteiger partial charge is 0.337 e. The number of hydrogen-bond acceptors (Lipinski definition) is 8. The molecule has 2 heterocycles. The minimum atomic E-state index is -1.25. The molecule has 14 heteroatoms. The second-order valence-corrected chi connectivity index (χ2v) is 10.4. The normalized spacial score (nSPS) is 10.8. The lowest BCUT2D eigenvalue weighted by molar-refractivity contribution is 0.0686. The van der Waals surface area contributed by atoms with Gasteiger partial charge in [-0.25, -0.2) is 9.59 Å². The topological polar surface area (TPSA) is 185 Å². The van der Waals surface area contributed by atoms with Gasteiger partial charge >= 0.3 is 11.9 Å².